The summed E-state index contributed by atoms with van der Waals surface area (Å²) in [5, 5.41) is 6.37. The average molecular weight is 226 g/mol. The molecule has 0 radical (unpaired) electrons. The molecule has 4 nitrogen and oxygen atoms in total. The number of carbonyl (C=O) groups excluding carboxylic acids is 1. The van der Waals surface area contributed by atoms with Crippen LogP contribution in [-0.4, -0.2) is 37.2 Å². The minimum Gasteiger partial charge on any atom is -0.379 e. The lowest BCUT2D eigenvalue weighted by Crippen LogP contribution is -2.49. The first-order valence-corrected chi connectivity index (χ1v) is 6.30. The molecule has 92 valence electrons. The van der Waals surface area contributed by atoms with Crippen molar-refractivity contribution < 1.29 is 9.53 Å². The third kappa shape index (κ3) is 3.19. The van der Waals surface area contributed by atoms with Gasteiger partial charge in [-0.3, -0.25) is 4.79 Å². The van der Waals surface area contributed by atoms with Gasteiger partial charge in [-0.15, -0.1) is 0 Å². The van der Waals surface area contributed by atoms with Crippen LogP contribution in [0.25, 0.3) is 0 Å². The molecule has 1 amide bonds. The molecule has 1 saturated carbocycles. The molecule has 4 heteroatoms. The van der Waals surface area contributed by atoms with Crippen LogP contribution < -0.4 is 10.6 Å². The lowest BCUT2D eigenvalue weighted by Gasteiger charge is -2.23. The van der Waals surface area contributed by atoms with E-state index in [0.717, 1.165) is 25.9 Å². The van der Waals surface area contributed by atoms with Crippen molar-refractivity contribution in [1.82, 2.24) is 10.6 Å². The SMILES string of the molecule is CC1(NCC(=O)NC2CCCC2)CCOC1. The van der Waals surface area contributed by atoms with Crippen LogP contribution in [0.15, 0.2) is 0 Å². The van der Waals surface area contributed by atoms with Crippen LogP contribution in [0.1, 0.15) is 39.0 Å². The number of ether oxygens (including phenoxy) is 1. The standard InChI is InChI=1S/C12H22N2O2/c1-12(6-7-16-9-12)13-8-11(15)14-10-4-2-3-5-10/h10,13H,2-9H2,1H3,(H,14,15). The zero-order chi connectivity index (χ0) is 11.4. The van der Waals surface area contributed by atoms with E-state index in [9.17, 15) is 4.79 Å². The Labute approximate surface area is 97.1 Å². The van der Waals surface area contributed by atoms with E-state index in [0.29, 0.717) is 19.2 Å². The van der Waals surface area contributed by atoms with Crippen molar-refractivity contribution in [2.45, 2.75) is 50.6 Å². The number of hydrogen-bond acceptors (Lipinski definition) is 3. The highest BCUT2D eigenvalue weighted by molar-refractivity contribution is 5.78. The van der Waals surface area contributed by atoms with E-state index in [-0.39, 0.29) is 11.4 Å². The third-order valence-electron chi connectivity index (χ3n) is 3.61. The predicted octanol–water partition coefficient (Wildman–Crippen LogP) is 0.814. The lowest BCUT2D eigenvalue weighted by atomic mass is 10.0. The van der Waals surface area contributed by atoms with Crippen LogP contribution in [0, 0.1) is 0 Å². The fraction of sp³-hybridized carbons (Fsp3) is 0.917. The van der Waals surface area contributed by atoms with Crippen LogP contribution in [0.3, 0.4) is 0 Å². The van der Waals surface area contributed by atoms with Gasteiger partial charge in [-0.2, -0.15) is 0 Å². The van der Waals surface area contributed by atoms with Crippen LogP contribution in [0.2, 0.25) is 0 Å². The minimum atomic E-state index is -0.00693. The highest BCUT2D eigenvalue weighted by Crippen LogP contribution is 2.18. The van der Waals surface area contributed by atoms with Gasteiger partial charge in [-0.05, 0) is 26.2 Å². The van der Waals surface area contributed by atoms with Crippen molar-refractivity contribution >= 4 is 5.91 Å². The Morgan fingerprint density at radius 1 is 1.44 bits per heavy atom. The maximum atomic E-state index is 11.7. The Morgan fingerprint density at radius 3 is 2.81 bits per heavy atom. The molecule has 0 aromatic heterocycles. The van der Waals surface area contributed by atoms with Gasteiger partial charge in [0.15, 0.2) is 0 Å². The maximum Gasteiger partial charge on any atom is 0.234 e. The van der Waals surface area contributed by atoms with E-state index in [1.54, 1.807) is 0 Å². The quantitative estimate of drug-likeness (QED) is 0.746. The van der Waals surface area contributed by atoms with E-state index in [4.69, 9.17) is 4.74 Å². The summed E-state index contributed by atoms with van der Waals surface area (Å²) in [6.45, 7) is 4.04. The van der Waals surface area contributed by atoms with Crippen LogP contribution in [0.5, 0.6) is 0 Å². The summed E-state index contributed by atoms with van der Waals surface area (Å²) in [6.07, 6.45) is 5.79. The number of nitrogens with one attached hydrogen (secondary N) is 2. The van der Waals surface area contributed by atoms with Crippen molar-refractivity contribution in [3.05, 3.63) is 0 Å². The maximum absolute atomic E-state index is 11.7. The van der Waals surface area contributed by atoms with Crippen molar-refractivity contribution in [3.8, 4) is 0 Å². The van der Waals surface area contributed by atoms with Crippen LogP contribution in [-0.2, 0) is 9.53 Å². The molecule has 0 spiro atoms. The first kappa shape index (κ1) is 11.9. The highest BCUT2D eigenvalue weighted by Gasteiger charge is 2.29. The molecule has 2 N–H and O–H groups in total. The number of amides is 1. The number of carbonyl (C=O) groups is 1. The van der Waals surface area contributed by atoms with E-state index in [1.807, 2.05) is 0 Å². The molecule has 1 unspecified atom stereocenters. The van der Waals surface area contributed by atoms with Crippen LogP contribution in [0.4, 0.5) is 0 Å². The zero-order valence-electron chi connectivity index (χ0n) is 10.1. The monoisotopic (exact) mass is 226 g/mol. The Balaban J connectivity index is 1.66. The first-order chi connectivity index (χ1) is 7.68. The molecule has 2 rings (SSSR count). The summed E-state index contributed by atoms with van der Waals surface area (Å²) in [5.41, 5.74) is -0.00693. The molecular weight excluding hydrogens is 204 g/mol. The molecule has 2 fully saturated rings. The van der Waals surface area contributed by atoms with Gasteiger partial charge >= 0.3 is 0 Å². The molecule has 1 atom stereocenters. The second kappa shape index (κ2) is 5.15. The van der Waals surface area contributed by atoms with Crippen molar-refractivity contribution in [2.75, 3.05) is 19.8 Å². The number of hydrogen-bond donors (Lipinski definition) is 2. The normalized spacial score (nSPS) is 30.8. The van der Waals surface area contributed by atoms with Crippen molar-refractivity contribution in [1.29, 1.82) is 0 Å². The van der Waals surface area contributed by atoms with Gasteiger partial charge in [-0.1, -0.05) is 12.8 Å². The summed E-state index contributed by atoms with van der Waals surface area (Å²) in [5.74, 6) is 0.125. The van der Waals surface area contributed by atoms with E-state index in [1.165, 1.54) is 12.8 Å². The van der Waals surface area contributed by atoms with Gasteiger partial charge < -0.3 is 15.4 Å². The second-order valence-electron chi connectivity index (χ2n) is 5.27. The van der Waals surface area contributed by atoms with Crippen molar-refractivity contribution in [2.24, 2.45) is 0 Å². The number of rotatable bonds is 4. The molecular formula is C12H22N2O2. The Bertz CT molecular complexity index is 243. The minimum absolute atomic E-state index is 0.00693. The predicted molar refractivity (Wildman–Crippen MR) is 62.2 cm³/mol. The summed E-state index contributed by atoms with van der Waals surface area (Å²) >= 11 is 0. The molecule has 1 heterocycles. The van der Waals surface area contributed by atoms with Crippen LogP contribution >= 0.6 is 0 Å². The topological polar surface area (TPSA) is 50.4 Å². The Kier molecular flexibility index (Phi) is 3.82. The molecule has 16 heavy (non-hydrogen) atoms. The summed E-state index contributed by atoms with van der Waals surface area (Å²) < 4.78 is 5.33. The lowest BCUT2D eigenvalue weighted by molar-refractivity contribution is -0.121. The molecule has 1 aliphatic carbocycles. The fourth-order valence-corrected chi connectivity index (χ4v) is 2.45. The summed E-state index contributed by atoms with van der Waals surface area (Å²) in [7, 11) is 0. The van der Waals surface area contributed by atoms with Gasteiger partial charge in [0.25, 0.3) is 0 Å². The Hall–Kier alpha value is -0.610. The van der Waals surface area contributed by atoms with Crippen molar-refractivity contribution in [3.63, 3.8) is 0 Å². The van der Waals surface area contributed by atoms with E-state index >= 15 is 0 Å². The molecule has 0 aromatic rings. The van der Waals surface area contributed by atoms with Gasteiger partial charge in [0.1, 0.15) is 0 Å². The van der Waals surface area contributed by atoms with E-state index < -0.39 is 0 Å². The third-order valence-corrected chi connectivity index (χ3v) is 3.61. The smallest absolute Gasteiger partial charge is 0.234 e. The molecule has 1 aliphatic heterocycles. The van der Waals surface area contributed by atoms with Gasteiger partial charge in [0.05, 0.1) is 13.2 Å². The zero-order valence-corrected chi connectivity index (χ0v) is 10.1. The molecule has 0 aromatic carbocycles. The average Bonchev–Trinajstić information content (AvgIpc) is 2.88. The highest BCUT2D eigenvalue weighted by atomic mass is 16.5. The summed E-state index contributed by atoms with van der Waals surface area (Å²) in [6, 6.07) is 0.418. The van der Waals surface area contributed by atoms with Gasteiger partial charge in [0.2, 0.25) is 5.91 Å². The van der Waals surface area contributed by atoms with Gasteiger partial charge in [-0.25, -0.2) is 0 Å². The molecule has 2 aliphatic rings. The van der Waals surface area contributed by atoms with E-state index in [2.05, 4.69) is 17.6 Å². The second-order valence-corrected chi connectivity index (χ2v) is 5.27. The first-order valence-electron chi connectivity index (χ1n) is 6.30. The molecule has 0 bridgehead atoms. The largest absolute Gasteiger partial charge is 0.379 e. The fourth-order valence-electron chi connectivity index (χ4n) is 2.45. The molecule has 1 saturated heterocycles. The Morgan fingerprint density at radius 2 is 2.19 bits per heavy atom. The summed E-state index contributed by atoms with van der Waals surface area (Å²) in [4.78, 5) is 11.7. The van der Waals surface area contributed by atoms with Gasteiger partial charge in [0, 0.05) is 18.2 Å².